The standard InChI is InChI=1S/C12H15FO2.2C2H6/c1-9(3-8-12(14)15-2)10-4-6-11(13)7-5-10;2*1-2/h4-7,9H,3,8H2,1-2H3;2*1-2H3. The number of halogens is 1. The van der Waals surface area contributed by atoms with Crippen LogP contribution in [-0.2, 0) is 9.53 Å². The van der Waals surface area contributed by atoms with Crippen LogP contribution in [0, 0.1) is 5.82 Å². The molecule has 0 fully saturated rings. The largest absolute Gasteiger partial charge is 0.469 e. The molecule has 0 heterocycles. The molecule has 0 radical (unpaired) electrons. The van der Waals surface area contributed by atoms with Crippen molar-refractivity contribution in [2.45, 2.75) is 53.4 Å². The van der Waals surface area contributed by atoms with Crippen molar-refractivity contribution in [2.24, 2.45) is 0 Å². The number of ether oxygens (including phenoxy) is 1. The van der Waals surface area contributed by atoms with Crippen molar-refractivity contribution in [3.63, 3.8) is 0 Å². The Kier molecular flexibility index (Phi) is 13.7. The molecule has 3 heteroatoms. The molecule has 0 spiro atoms. The third kappa shape index (κ3) is 9.23. The summed E-state index contributed by atoms with van der Waals surface area (Å²) in [5.74, 6) is -0.201. The van der Waals surface area contributed by atoms with Crippen LogP contribution in [0.3, 0.4) is 0 Å². The van der Waals surface area contributed by atoms with E-state index in [9.17, 15) is 9.18 Å². The first-order chi connectivity index (χ1) is 9.13. The maximum absolute atomic E-state index is 12.6. The highest BCUT2D eigenvalue weighted by atomic mass is 19.1. The minimum Gasteiger partial charge on any atom is -0.469 e. The third-order valence-electron chi connectivity index (χ3n) is 2.45. The van der Waals surface area contributed by atoms with E-state index in [-0.39, 0.29) is 17.7 Å². The highest BCUT2D eigenvalue weighted by Crippen LogP contribution is 2.20. The zero-order valence-electron chi connectivity index (χ0n) is 13.0. The summed E-state index contributed by atoms with van der Waals surface area (Å²) in [4.78, 5) is 10.9. The summed E-state index contributed by atoms with van der Waals surface area (Å²) in [7, 11) is 1.38. The molecule has 1 rings (SSSR count). The maximum atomic E-state index is 12.6. The fraction of sp³-hybridized carbons (Fsp3) is 0.562. The molecule has 1 aromatic carbocycles. The van der Waals surface area contributed by atoms with Gasteiger partial charge in [-0.05, 0) is 30.0 Å². The van der Waals surface area contributed by atoms with Gasteiger partial charge in [-0.1, -0.05) is 46.8 Å². The van der Waals surface area contributed by atoms with Crippen molar-refractivity contribution < 1.29 is 13.9 Å². The van der Waals surface area contributed by atoms with Crippen LogP contribution in [-0.4, -0.2) is 13.1 Å². The lowest BCUT2D eigenvalue weighted by molar-refractivity contribution is -0.140. The molecule has 0 N–H and O–H groups in total. The molecule has 0 aliphatic carbocycles. The van der Waals surface area contributed by atoms with Crippen molar-refractivity contribution >= 4 is 5.97 Å². The molecule has 1 unspecified atom stereocenters. The minimum absolute atomic E-state index is 0.205. The Balaban J connectivity index is 0. The summed E-state index contributed by atoms with van der Waals surface area (Å²) in [6, 6.07) is 6.36. The number of esters is 1. The molecule has 0 aliphatic heterocycles. The lowest BCUT2D eigenvalue weighted by Gasteiger charge is -2.10. The van der Waals surface area contributed by atoms with E-state index in [4.69, 9.17) is 0 Å². The second-order valence-corrected chi connectivity index (χ2v) is 3.57. The number of carbonyl (C=O) groups excluding carboxylic acids is 1. The number of carbonyl (C=O) groups is 1. The van der Waals surface area contributed by atoms with Gasteiger partial charge in [-0.2, -0.15) is 0 Å². The van der Waals surface area contributed by atoms with Crippen LogP contribution >= 0.6 is 0 Å². The average Bonchev–Trinajstić information content (AvgIpc) is 2.49. The van der Waals surface area contributed by atoms with Gasteiger partial charge >= 0.3 is 5.97 Å². The molecule has 0 bridgehead atoms. The fourth-order valence-electron chi connectivity index (χ4n) is 1.39. The van der Waals surface area contributed by atoms with E-state index in [0.717, 1.165) is 12.0 Å². The van der Waals surface area contributed by atoms with Crippen molar-refractivity contribution in [2.75, 3.05) is 7.11 Å². The van der Waals surface area contributed by atoms with Gasteiger partial charge in [0.05, 0.1) is 7.11 Å². The van der Waals surface area contributed by atoms with E-state index in [1.807, 2.05) is 34.6 Å². The number of rotatable bonds is 4. The Morgan fingerprint density at radius 3 is 2.05 bits per heavy atom. The van der Waals surface area contributed by atoms with Gasteiger partial charge in [-0.3, -0.25) is 4.79 Å². The number of benzene rings is 1. The zero-order valence-corrected chi connectivity index (χ0v) is 13.0. The lowest BCUT2D eigenvalue weighted by Crippen LogP contribution is -2.03. The van der Waals surface area contributed by atoms with E-state index in [1.165, 1.54) is 19.2 Å². The van der Waals surface area contributed by atoms with Crippen LogP contribution in [0.5, 0.6) is 0 Å². The summed E-state index contributed by atoms with van der Waals surface area (Å²) in [5.41, 5.74) is 1.04. The Labute approximate surface area is 117 Å². The Bertz CT molecular complexity index is 320. The van der Waals surface area contributed by atoms with Crippen molar-refractivity contribution in [1.29, 1.82) is 0 Å². The molecule has 1 aromatic rings. The third-order valence-corrected chi connectivity index (χ3v) is 2.45. The van der Waals surface area contributed by atoms with Gasteiger partial charge in [0, 0.05) is 6.42 Å². The number of methoxy groups -OCH3 is 1. The fourth-order valence-corrected chi connectivity index (χ4v) is 1.39. The second kappa shape index (κ2) is 13.1. The lowest BCUT2D eigenvalue weighted by atomic mass is 9.96. The van der Waals surface area contributed by atoms with Crippen LogP contribution in [0.4, 0.5) is 4.39 Å². The quantitative estimate of drug-likeness (QED) is 0.725. The topological polar surface area (TPSA) is 26.3 Å². The molecule has 0 aromatic heterocycles. The average molecular weight is 270 g/mol. The van der Waals surface area contributed by atoms with E-state index >= 15 is 0 Å². The molecular weight excluding hydrogens is 243 g/mol. The Hall–Kier alpha value is -1.38. The highest BCUT2D eigenvalue weighted by molar-refractivity contribution is 5.69. The monoisotopic (exact) mass is 270 g/mol. The van der Waals surface area contributed by atoms with E-state index in [2.05, 4.69) is 4.74 Å². The minimum atomic E-state index is -0.237. The van der Waals surface area contributed by atoms with E-state index in [0.29, 0.717) is 6.42 Å². The molecule has 0 aliphatic rings. The summed E-state index contributed by atoms with van der Waals surface area (Å²) in [5, 5.41) is 0. The van der Waals surface area contributed by atoms with Crippen LogP contribution < -0.4 is 0 Å². The Morgan fingerprint density at radius 2 is 1.63 bits per heavy atom. The zero-order chi connectivity index (χ0) is 15.3. The molecule has 110 valence electrons. The normalized spacial score (nSPS) is 10.3. The molecule has 1 atom stereocenters. The van der Waals surface area contributed by atoms with Crippen molar-refractivity contribution in [3.05, 3.63) is 35.6 Å². The van der Waals surface area contributed by atoms with Gasteiger partial charge in [0.25, 0.3) is 0 Å². The van der Waals surface area contributed by atoms with Crippen LogP contribution in [0.25, 0.3) is 0 Å². The number of hydrogen-bond donors (Lipinski definition) is 0. The van der Waals surface area contributed by atoms with Gasteiger partial charge in [-0.15, -0.1) is 0 Å². The summed E-state index contributed by atoms with van der Waals surface area (Å²) in [6.45, 7) is 10.0. The molecule has 19 heavy (non-hydrogen) atoms. The molecule has 0 saturated carbocycles. The summed E-state index contributed by atoms with van der Waals surface area (Å²) < 4.78 is 17.2. The summed E-state index contributed by atoms with van der Waals surface area (Å²) >= 11 is 0. The van der Waals surface area contributed by atoms with E-state index in [1.54, 1.807) is 12.1 Å². The maximum Gasteiger partial charge on any atom is 0.305 e. The van der Waals surface area contributed by atoms with Gasteiger partial charge < -0.3 is 4.74 Å². The first kappa shape index (κ1) is 19.9. The summed E-state index contributed by atoms with van der Waals surface area (Å²) in [6.07, 6.45) is 1.12. The van der Waals surface area contributed by atoms with Crippen LogP contribution in [0.1, 0.15) is 58.9 Å². The predicted octanol–water partition coefficient (Wildman–Crippen LogP) is 4.93. The van der Waals surface area contributed by atoms with Crippen molar-refractivity contribution in [1.82, 2.24) is 0 Å². The Morgan fingerprint density at radius 1 is 1.16 bits per heavy atom. The first-order valence-electron chi connectivity index (χ1n) is 6.95. The van der Waals surface area contributed by atoms with Gasteiger partial charge in [0.2, 0.25) is 0 Å². The SMILES string of the molecule is CC.CC.COC(=O)CCC(C)c1ccc(F)cc1. The van der Waals surface area contributed by atoms with E-state index < -0.39 is 0 Å². The number of hydrogen-bond acceptors (Lipinski definition) is 2. The molecule has 2 nitrogen and oxygen atoms in total. The second-order valence-electron chi connectivity index (χ2n) is 3.57. The predicted molar refractivity (Wildman–Crippen MR) is 78.8 cm³/mol. The van der Waals surface area contributed by atoms with Gasteiger partial charge in [0.1, 0.15) is 5.82 Å². The van der Waals surface area contributed by atoms with Gasteiger partial charge in [-0.25, -0.2) is 4.39 Å². The smallest absolute Gasteiger partial charge is 0.305 e. The molecule has 0 amide bonds. The molecular formula is C16H27FO2. The van der Waals surface area contributed by atoms with Gasteiger partial charge in [0.15, 0.2) is 0 Å². The van der Waals surface area contributed by atoms with Crippen molar-refractivity contribution in [3.8, 4) is 0 Å². The molecule has 0 saturated heterocycles. The van der Waals surface area contributed by atoms with Crippen LogP contribution in [0.2, 0.25) is 0 Å². The van der Waals surface area contributed by atoms with Crippen LogP contribution in [0.15, 0.2) is 24.3 Å². The highest BCUT2D eigenvalue weighted by Gasteiger charge is 2.08. The first-order valence-corrected chi connectivity index (χ1v) is 6.95.